The van der Waals surface area contributed by atoms with Crippen LogP contribution in [-0.4, -0.2) is 19.9 Å². The summed E-state index contributed by atoms with van der Waals surface area (Å²) in [6.07, 6.45) is 3.43. The van der Waals surface area contributed by atoms with Crippen LogP contribution < -0.4 is 5.32 Å². The van der Waals surface area contributed by atoms with E-state index in [1.54, 1.807) is 18.5 Å². The Morgan fingerprint density at radius 3 is 2.56 bits per heavy atom. The lowest BCUT2D eigenvalue weighted by Gasteiger charge is -2.11. The van der Waals surface area contributed by atoms with E-state index in [-0.39, 0.29) is 0 Å². The van der Waals surface area contributed by atoms with Gasteiger partial charge in [0.2, 0.25) is 0 Å². The highest BCUT2D eigenvalue weighted by atomic mass is 15.0. The van der Waals surface area contributed by atoms with Gasteiger partial charge in [-0.05, 0) is 12.0 Å². The van der Waals surface area contributed by atoms with Gasteiger partial charge in [0.25, 0.3) is 0 Å². The minimum absolute atomic E-state index is 0.379. The number of aromatic nitrogens is 4. The summed E-state index contributed by atoms with van der Waals surface area (Å²) in [5.41, 5.74) is 3.42. The van der Waals surface area contributed by atoms with E-state index in [9.17, 15) is 0 Å². The molecule has 0 atom stereocenters. The Morgan fingerprint density at radius 2 is 1.83 bits per heavy atom. The van der Waals surface area contributed by atoms with Crippen LogP contribution in [0.15, 0.2) is 18.5 Å². The zero-order valence-electron chi connectivity index (χ0n) is 10.5. The maximum Gasteiger partial charge on any atom is 0.198 e. The summed E-state index contributed by atoms with van der Waals surface area (Å²) in [6, 6.07) is 1.79. The standard InChI is InChI=1S/C13H15N5/c1-8(2)11-9-6-14-7-10(9)17-13(18-11)12-15-4-3-5-16-12/h3-5,8,14H,6-7H2,1-2H3. The molecule has 5 heteroatoms. The molecule has 3 rings (SSSR count). The molecule has 2 aromatic rings. The number of rotatable bonds is 2. The molecule has 0 saturated heterocycles. The Hall–Kier alpha value is -1.88. The molecule has 2 aromatic heterocycles. The molecular formula is C13H15N5. The van der Waals surface area contributed by atoms with Gasteiger partial charge in [-0.2, -0.15) is 0 Å². The maximum atomic E-state index is 4.64. The Morgan fingerprint density at radius 1 is 1.06 bits per heavy atom. The van der Waals surface area contributed by atoms with Gasteiger partial charge in [0.1, 0.15) is 0 Å². The summed E-state index contributed by atoms with van der Waals surface area (Å²) >= 11 is 0. The van der Waals surface area contributed by atoms with Crippen molar-refractivity contribution in [3.63, 3.8) is 0 Å². The molecule has 0 aliphatic carbocycles. The lowest BCUT2D eigenvalue weighted by molar-refractivity contribution is 0.746. The first-order valence-corrected chi connectivity index (χ1v) is 6.13. The predicted octanol–water partition coefficient (Wildman–Crippen LogP) is 1.66. The largest absolute Gasteiger partial charge is 0.307 e. The molecule has 0 radical (unpaired) electrons. The average Bonchev–Trinajstić information content (AvgIpc) is 2.86. The molecule has 0 spiro atoms. The Kier molecular flexibility index (Phi) is 2.76. The van der Waals surface area contributed by atoms with Crippen LogP contribution in [-0.2, 0) is 13.1 Å². The molecule has 1 aliphatic rings. The van der Waals surface area contributed by atoms with E-state index in [4.69, 9.17) is 0 Å². The smallest absolute Gasteiger partial charge is 0.198 e. The highest BCUT2D eigenvalue weighted by molar-refractivity contribution is 5.46. The molecule has 3 heterocycles. The molecule has 18 heavy (non-hydrogen) atoms. The molecule has 0 aromatic carbocycles. The van der Waals surface area contributed by atoms with Crippen LogP contribution in [0.1, 0.15) is 36.7 Å². The van der Waals surface area contributed by atoms with Crippen molar-refractivity contribution >= 4 is 0 Å². The van der Waals surface area contributed by atoms with E-state index in [0.29, 0.717) is 17.6 Å². The number of nitrogens with zero attached hydrogens (tertiary/aromatic N) is 4. The monoisotopic (exact) mass is 241 g/mol. The van der Waals surface area contributed by atoms with E-state index in [1.807, 2.05) is 0 Å². The minimum Gasteiger partial charge on any atom is -0.307 e. The van der Waals surface area contributed by atoms with Crippen LogP contribution in [0.2, 0.25) is 0 Å². The first kappa shape index (κ1) is 11.2. The van der Waals surface area contributed by atoms with E-state index >= 15 is 0 Å². The maximum absolute atomic E-state index is 4.64. The summed E-state index contributed by atoms with van der Waals surface area (Å²) in [7, 11) is 0. The van der Waals surface area contributed by atoms with E-state index < -0.39 is 0 Å². The fourth-order valence-corrected chi connectivity index (χ4v) is 2.19. The zero-order valence-corrected chi connectivity index (χ0v) is 10.5. The van der Waals surface area contributed by atoms with Gasteiger partial charge >= 0.3 is 0 Å². The van der Waals surface area contributed by atoms with E-state index in [1.165, 1.54) is 5.56 Å². The molecule has 1 aliphatic heterocycles. The fraction of sp³-hybridized carbons (Fsp3) is 0.385. The minimum atomic E-state index is 0.379. The Balaban J connectivity index is 2.15. The van der Waals surface area contributed by atoms with Crippen molar-refractivity contribution in [3.8, 4) is 11.6 Å². The second-order valence-electron chi connectivity index (χ2n) is 4.69. The highest BCUT2D eigenvalue weighted by Crippen LogP contribution is 2.25. The van der Waals surface area contributed by atoms with E-state index in [2.05, 4.69) is 39.1 Å². The third-order valence-corrected chi connectivity index (χ3v) is 3.03. The molecule has 0 unspecified atom stereocenters. The van der Waals surface area contributed by atoms with Crippen molar-refractivity contribution in [2.45, 2.75) is 32.9 Å². The van der Waals surface area contributed by atoms with Crippen molar-refractivity contribution < 1.29 is 0 Å². The molecule has 5 nitrogen and oxygen atoms in total. The average molecular weight is 241 g/mol. The van der Waals surface area contributed by atoms with Gasteiger partial charge in [-0.15, -0.1) is 0 Å². The van der Waals surface area contributed by atoms with Crippen LogP contribution in [0, 0.1) is 0 Å². The van der Waals surface area contributed by atoms with Crippen LogP contribution in [0.5, 0.6) is 0 Å². The van der Waals surface area contributed by atoms with Gasteiger partial charge in [0, 0.05) is 31.0 Å². The zero-order chi connectivity index (χ0) is 12.5. The highest BCUT2D eigenvalue weighted by Gasteiger charge is 2.21. The Bertz CT molecular complexity index is 565. The SMILES string of the molecule is CC(C)c1nc(-c2ncccn2)nc2c1CNC2. The van der Waals surface area contributed by atoms with Gasteiger partial charge in [0.05, 0.1) is 11.4 Å². The van der Waals surface area contributed by atoms with Crippen molar-refractivity contribution in [2.75, 3.05) is 0 Å². The second kappa shape index (κ2) is 4.42. The Labute approximate surface area is 106 Å². The van der Waals surface area contributed by atoms with E-state index in [0.717, 1.165) is 24.5 Å². The number of nitrogens with one attached hydrogen (secondary N) is 1. The quantitative estimate of drug-likeness (QED) is 0.866. The molecule has 0 bridgehead atoms. The summed E-state index contributed by atoms with van der Waals surface area (Å²) in [6.45, 7) is 5.96. The third kappa shape index (κ3) is 1.86. The topological polar surface area (TPSA) is 63.6 Å². The number of fused-ring (bicyclic) bond motifs is 1. The normalized spacial score (nSPS) is 13.9. The molecule has 92 valence electrons. The number of hydrogen-bond donors (Lipinski definition) is 1. The summed E-state index contributed by atoms with van der Waals surface area (Å²) < 4.78 is 0. The molecular weight excluding hydrogens is 226 g/mol. The van der Waals surface area contributed by atoms with Gasteiger partial charge in [-0.1, -0.05) is 13.8 Å². The predicted molar refractivity (Wildman–Crippen MR) is 67.7 cm³/mol. The summed E-state index contributed by atoms with van der Waals surface area (Å²) in [4.78, 5) is 17.6. The van der Waals surface area contributed by atoms with Crippen LogP contribution >= 0.6 is 0 Å². The van der Waals surface area contributed by atoms with Gasteiger partial charge < -0.3 is 5.32 Å². The lowest BCUT2D eigenvalue weighted by Crippen LogP contribution is -2.06. The van der Waals surface area contributed by atoms with Crippen molar-refractivity contribution in [1.29, 1.82) is 0 Å². The van der Waals surface area contributed by atoms with Gasteiger partial charge in [0.15, 0.2) is 11.6 Å². The summed E-state index contributed by atoms with van der Waals surface area (Å²) in [5.74, 6) is 1.60. The van der Waals surface area contributed by atoms with Crippen LogP contribution in [0.4, 0.5) is 0 Å². The van der Waals surface area contributed by atoms with Gasteiger partial charge in [-0.25, -0.2) is 19.9 Å². The lowest BCUT2D eigenvalue weighted by atomic mass is 10.0. The first-order chi connectivity index (χ1) is 8.75. The fourth-order valence-electron chi connectivity index (χ4n) is 2.19. The number of hydrogen-bond acceptors (Lipinski definition) is 5. The molecule has 0 saturated carbocycles. The second-order valence-corrected chi connectivity index (χ2v) is 4.69. The molecule has 0 amide bonds. The van der Waals surface area contributed by atoms with Crippen molar-refractivity contribution in [2.24, 2.45) is 0 Å². The van der Waals surface area contributed by atoms with Crippen LogP contribution in [0.25, 0.3) is 11.6 Å². The van der Waals surface area contributed by atoms with Gasteiger partial charge in [-0.3, -0.25) is 0 Å². The molecule has 1 N–H and O–H groups in total. The van der Waals surface area contributed by atoms with Crippen molar-refractivity contribution in [3.05, 3.63) is 35.4 Å². The van der Waals surface area contributed by atoms with Crippen molar-refractivity contribution in [1.82, 2.24) is 25.3 Å². The van der Waals surface area contributed by atoms with Crippen LogP contribution in [0.3, 0.4) is 0 Å². The molecule has 0 fully saturated rings. The first-order valence-electron chi connectivity index (χ1n) is 6.13. The summed E-state index contributed by atoms with van der Waals surface area (Å²) in [5, 5.41) is 3.32. The third-order valence-electron chi connectivity index (χ3n) is 3.03.